The Balaban J connectivity index is 1.46. The van der Waals surface area contributed by atoms with Crippen LogP contribution < -0.4 is 5.32 Å². The van der Waals surface area contributed by atoms with Gasteiger partial charge in [0.05, 0.1) is 31.2 Å². The minimum Gasteiger partial charge on any atom is -0.368 e. The Hall–Kier alpha value is -3.59. The molecule has 1 atom stereocenters. The molecular formula is C22H23N7O2. The summed E-state index contributed by atoms with van der Waals surface area (Å²) >= 11 is 0. The molecule has 2 N–H and O–H groups in total. The second-order valence-electron chi connectivity index (χ2n) is 8.01. The lowest BCUT2D eigenvalue weighted by molar-refractivity contribution is -0.120. The topological polar surface area (TPSA) is 111 Å². The van der Waals surface area contributed by atoms with Crippen LogP contribution in [0.15, 0.2) is 36.9 Å². The molecule has 0 fully saturated rings. The molecule has 0 saturated carbocycles. The fourth-order valence-electron chi connectivity index (χ4n) is 3.90. The normalized spacial score (nSPS) is 16.0. The summed E-state index contributed by atoms with van der Waals surface area (Å²) in [7, 11) is 0. The highest BCUT2D eigenvalue weighted by molar-refractivity contribution is 5.94. The molecule has 9 nitrogen and oxygen atoms in total. The molecule has 31 heavy (non-hydrogen) atoms. The van der Waals surface area contributed by atoms with Crippen LogP contribution >= 0.6 is 0 Å². The van der Waals surface area contributed by atoms with Gasteiger partial charge in [0.25, 0.3) is 0 Å². The smallest absolute Gasteiger partial charge is 0.228 e. The third-order valence-electron chi connectivity index (χ3n) is 5.56. The summed E-state index contributed by atoms with van der Waals surface area (Å²) in [6.45, 7) is 6.66. The number of anilines is 1. The molecule has 0 aliphatic carbocycles. The van der Waals surface area contributed by atoms with E-state index in [4.69, 9.17) is 4.74 Å². The van der Waals surface area contributed by atoms with E-state index >= 15 is 0 Å². The molecule has 1 aliphatic rings. The largest absolute Gasteiger partial charge is 0.368 e. The zero-order chi connectivity index (χ0) is 21.5. The van der Waals surface area contributed by atoms with Gasteiger partial charge in [-0.2, -0.15) is 9.78 Å². The van der Waals surface area contributed by atoms with Gasteiger partial charge in [-0.05, 0) is 24.0 Å². The first-order valence-corrected chi connectivity index (χ1v) is 10.3. The van der Waals surface area contributed by atoms with E-state index in [2.05, 4.69) is 68.5 Å². The van der Waals surface area contributed by atoms with Crippen molar-refractivity contribution in [2.75, 3.05) is 5.32 Å². The van der Waals surface area contributed by atoms with Gasteiger partial charge in [-0.25, -0.2) is 15.0 Å². The van der Waals surface area contributed by atoms with Crippen LogP contribution in [-0.4, -0.2) is 35.6 Å². The number of rotatable bonds is 5. The number of aromatic nitrogens is 6. The number of carbonyl (C=O) groups is 1. The van der Waals surface area contributed by atoms with E-state index in [9.17, 15) is 4.79 Å². The van der Waals surface area contributed by atoms with Crippen molar-refractivity contribution in [2.45, 2.75) is 45.8 Å². The third kappa shape index (κ3) is 3.46. The first kappa shape index (κ1) is 19.4. The SMILES string of the molecule is Cc1nn(-c2ncnc3nc[nH]c23)c2c1C(OCc1ccc(C(C)C)cc1)CC(=O)N2. The van der Waals surface area contributed by atoms with Crippen LogP contribution in [-0.2, 0) is 16.1 Å². The van der Waals surface area contributed by atoms with Gasteiger partial charge in [-0.1, -0.05) is 38.1 Å². The molecule has 1 aliphatic heterocycles. The van der Waals surface area contributed by atoms with Crippen molar-refractivity contribution in [3.63, 3.8) is 0 Å². The number of H-pyrrole nitrogens is 1. The van der Waals surface area contributed by atoms with E-state index in [0.29, 0.717) is 35.3 Å². The highest BCUT2D eigenvalue weighted by Crippen LogP contribution is 2.37. The number of benzene rings is 1. The maximum absolute atomic E-state index is 12.5. The van der Waals surface area contributed by atoms with Gasteiger partial charge in [0.1, 0.15) is 17.7 Å². The third-order valence-corrected chi connectivity index (χ3v) is 5.56. The lowest BCUT2D eigenvalue weighted by Gasteiger charge is -2.24. The summed E-state index contributed by atoms with van der Waals surface area (Å²) in [5, 5.41) is 7.59. The van der Waals surface area contributed by atoms with Crippen LogP contribution in [0.3, 0.4) is 0 Å². The molecule has 1 amide bonds. The Kier molecular flexibility index (Phi) is 4.74. The fourth-order valence-corrected chi connectivity index (χ4v) is 3.90. The first-order valence-electron chi connectivity index (χ1n) is 10.3. The summed E-state index contributed by atoms with van der Waals surface area (Å²) in [5.41, 5.74) is 5.18. The van der Waals surface area contributed by atoms with Gasteiger partial charge < -0.3 is 15.0 Å². The summed E-state index contributed by atoms with van der Waals surface area (Å²) in [6.07, 6.45) is 2.84. The van der Waals surface area contributed by atoms with Gasteiger partial charge in [-0.3, -0.25) is 4.79 Å². The molecule has 0 saturated heterocycles. The fraction of sp³-hybridized carbons (Fsp3) is 0.318. The Morgan fingerprint density at radius 1 is 1.19 bits per heavy atom. The molecule has 0 bridgehead atoms. The number of aryl methyl sites for hydroxylation is 1. The number of nitrogens with zero attached hydrogens (tertiary/aromatic N) is 5. The van der Waals surface area contributed by atoms with E-state index in [1.54, 1.807) is 11.0 Å². The quantitative estimate of drug-likeness (QED) is 0.514. The summed E-state index contributed by atoms with van der Waals surface area (Å²) in [6, 6.07) is 8.39. The lowest BCUT2D eigenvalue weighted by atomic mass is 10.0. The number of hydrogen-bond donors (Lipinski definition) is 2. The molecule has 4 aromatic rings. The summed E-state index contributed by atoms with van der Waals surface area (Å²) in [5.74, 6) is 1.46. The Morgan fingerprint density at radius 3 is 2.77 bits per heavy atom. The number of imidazole rings is 1. The van der Waals surface area contributed by atoms with Crippen molar-refractivity contribution in [1.29, 1.82) is 0 Å². The molecular weight excluding hydrogens is 394 g/mol. The standard InChI is InChI=1S/C22H23N7O2/c1-12(2)15-6-4-14(5-7-15)9-31-16-8-17(30)27-21-18(16)13(3)28-29(21)22-19-20(24-10-23-19)25-11-26-22/h4-7,10-12,16H,8-9H2,1-3H3,(H,27,30)(H,23,24,25,26). The maximum Gasteiger partial charge on any atom is 0.228 e. The number of hydrogen-bond acceptors (Lipinski definition) is 6. The average molecular weight is 417 g/mol. The summed E-state index contributed by atoms with van der Waals surface area (Å²) < 4.78 is 7.82. The Morgan fingerprint density at radius 2 is 2.00 bits per heavy atom. The van der Waals surface area contributed by atoms with Crippen molar-refractivity contribution in [1.82, 2.24) is 29.7 Å². The van der Waals surface area contributed by atoms with Gasteiger partial charge in [-0.15, -0.1) is 0 Å². The molecule has 158 valence electrons. The lowest BCUT2D eigenvalue weighted by Crippen LogP contribution is -2.25. The zero-order valence-electron chi connectivity index (χ0n) is 17.6. The minimum atomic E-state index is -0.388. The number of aromatic amines is 1. The highest BCUT2D eigenvalue weighted by Gasteiger charge is 2.33. The predicted octanol–water partition coefficient (Wildman–Crippen LogP) is 3.57. The highest BCUT2D eigenvalue weighted by atomic mass is 16.5. The molecule has 0 radical (unpaired) electrons. The Bertz CT molecular complexity index is 1260. The minimum absolute atomic E-state index is 0.122. The van der Waals surface area contributed by atoms with Crippen LogP contribution in [0.25, 0.3) is 17.0 Å². The first-order chi connectivity index (χ1) is 15.0. The number of fused-ring (bicyclic) bond motifs is 2. The van der Waals surface area contributed by atoms with Gasteiger partial charge in [0, 0.05) is 5.56 Å². The van der Waals surface area contributed by atoms with Crippen molar-refractivity contribution >= 4 is 22.9 Å². The van der Waals surface area contributed by atoms with Crippen molar-refractivity contribution < 1.29 is 9.53 Å². The van der Waals surface area contributed by atoms with Crippen LogP contribution in [0.2, 0.25) is 0 Å². The molecule has 1 aromatic carbocycles. The van der Waals surface area contributed by atoms with E-state index in [1.165, 1.54) is 11.9 Å². The van der Waals surface area contributed by atoms with Crippen LogP contribution in [0.1, 0.15) is 54.7 Å². The molecule has 9 heteroatoms. The second-order valence-corrected chi connectivity index (χ2v) is 8.01. The van der Waals surface area contributed by atoms with Gasteiger partial charge in [0.2, 0.25) is 5.91 Å². The molecule has 5 rings (SSSR count). The molecule has 1 unspecified atom stereocenters. The number of ether oxygens (including phenoxy) is 1. The van der Waals surface area contributed by atoms with Gasteiger partial charge in [0.15, 0.2) is 11.5 Å². The zero-order valence-corrected chi connectivity index (χ0v) is 17.6. The monoisotopic (exact) mass is 417 g/mol. The second kappa shape index (κ2) is 7.59. The number of nitrogens with one attached hydrogen (secondary N) is 2. The Labute approximate surface area is 178 Å². The molecule has 3 aromatic heterocycles. The van der Waals surface area contributed by atoms with Gasteiger partial charge >= 0.3 is 0 Å². The van der Waals surface area contributed by atoms with Crippen molar-refractivity contribution in [3.8, 4) is 5.82 Å². The van der Waals surface area contributed by atoms with Crippen molar-refractivity contribution in [2.24, 2.45) is 0 Å². The predicted molar refractivity (Wildman–Crippen MR) is 115 cm³/mol. The maximum atomic E-state index is 12.5. The van der Waals surface area contributed by atoms with E-state index < -0.39 is 0 Å². The van der Waals surface area contributed by atoms with Crippen molar-refractivity contribution in [3.05, 3.63) is 59.3 Å². The molecule has 4 heterocycles. The van der Waals surface area contributed by atoms with Crippen LogP contribution in [0.4, 0.5) is 5.82 Å². The van der Waals surface area contributed by atoms with E-state index in [0.717, 1.165) is 16.8 Å². The molecule has 0 spiro atoms. The number of amides is 1. The summed E-state index contributed by atoms with van der Waals surface area (Å²) in [4.78, 5) is 28.2. The van der Waals surface area contributed by atoms with Crippen LogP contribution in [0.5, 0.6) is 0 Å². The van der Waals surface area contributed by atoms with E-state index in [-0.39, 0.29) is 18.4 Å². The number of carbonyl (C=O) groups excluding carboxylic acids is 1. The van der Waals surface area contributed by atoms with E-state index in [1.807, 2.05) is 6.92 Å². The average Bonchev–Trinajstić information content (AvgIpc) is 3.36. The van der Waals surface area contributed by atoms with Crippen LogP contribution in [0, 0.1) is 6.92 Å².